The van der Waals surface area contributed by atoms with Crippen molar-refractivity contribution in [3.8, 4) is 11.5 Å². The quantitative estimate of drug-likeness (QED) is 0.465. The summed E-state index contributed by atoms with van der Waals surface area (Å²) >= 11 is 0. The largest absolute Gasteiger partial charge is 0.496 e. The summed E-state index contributed by atoms with van der Waals surface area (Å²) in [5.41, 5.74) is 2.66. The van der Waals surface area contributed by atoms with Gasteiger partial charge in [-0.25, -0.2) is 9.37 Å². The number of aryl methyl sites for hydroxylation is 2. The fourth-order valence-corrected chi connectivity index (χ4v) is 4.85. The highest BCUT2D eigenvalue weighted by Gasteiger charge is 2.28. The van der Waals surface area contributed by atoms with Gasteiger partial charge in [0.05, 0.1) is 31.4 Å². The van der Waals surface area contributed by atoms with E-state index in [0.717, 1.165) is 31.2 Å². The van der Waals surface area contributed by atoms with Crippen molar-refractivity contribution >= 4 is 17.5 Å². The van der Waals surface area contributed by atoms with Crippen LogP contribution in [0.3, 0.4) is 0 Å². The molecule has 1 aromatic carbocycles. The van der Waals surface area contributed by atoms with Crippen LogP contribution < -0.4 is 14.8 Å². The number of aromatic nitrogens is 2. The minimum absolute atomic E-state index is 0.0450. The summed E-state index contributed by atoms with van der Waals surface area (Å²) < 4.78 is 32.2. The summed E-state index contributed by atoms with van der Waals surface area (Å²) in [6, 6.07) is 6.43. The van der Waals surface area contributed by atoms with Crippen molar-refractivity contribution in [2.45, 2.75) is 46.1 Å². The van der Waals surface area contributed by atoms with E-state index in [0.29, 0.717) is 46.6 Å². The van der Waals surface area contributed by atoms with E-state index in [-0.39, 0.29) is 24.4 Å². The molecule has 0 saturated heterocycles. The molecule has 2 aromatic heterocycles. The molecule has 2 heterocycles. The summed E-state index contributed by atoms with van der Waals surface area (Å²) in [6.07, 6.45) is 5.11. The first-order valence-electron chi connectivity index (χ1n) is 12.1. The van der Waals surface area contributed by atoms with Crippen LogP contribution in [0, 0.1) is 31.5 Å². The van der Waals surface area contributed by atoms with E-state index in [4.69, 9.17) is 14.2 Å². The number of amides is 1. The lowest BCUT2D eigenvalue weighted by Crippen LogP contribution is -2.33. The van der Waals surface area contributed by atoms with Crippen LogP contribution in [0.25, 0.3) is 5.65 Å². The lowest BCUT2D eigenvalue weighted by Gasteiger charge is -2.26. The van der Waals surface area contributed by atoms with Gasteiger partial charge in [0.2, 0.25) is 0 Å². The van der Waals surface area contributed by atoms with E-state index in [1.807, 2.05) is 19.2 Å². The molecule has 36 heavy (non-hydrogen) atoms. The zero-order valence-corrected chi connectivity index (χ0v) is 21.1. The number of hydrogen-bond donors (Lipinski definition) is 1. The Hall–Kier alpha value is -3.62. The number of carbonyl (C=O) groups excluding carboxylic acids is 2. The van der Waals surface area contributed by atoms with Gasteiger partial charge in [-0.05, 0) is 69.2 Å². The Kier molecular flexibility index (Phi) is 7.76. The van der Waals surface area contributed by atoms with Crippen LogP contribution >= 0.6 is 0 Å². The predicted octanol–water partition coefficient (Wildman–Crippen LogP) is 4.39. The average molecular weight is 498 g/mol. The molecular formula is C27H32FN3O5. The standard InChI is InChI=1S/C27H32FN3O5/c1-16-12-23(36-15-20-21(28)6-5-7-22(20)34-3)25-30-17(2)24(31(25)14-16)26(32)29-13-18-8-10-19(11-9-18)27(33)35-4/h5-7,12,14,18-19H,8-11,13,15H2,1-4H3,(H,29,32). The summed E-state index contributed by atoms with van der Waals surface area (Å²) in [5.74, 6) is 0.322. The number of benzene rings is 1. The Morgan fingerprint density at radius 1 is 1.14 bits per heavy atom. The molecule has 0 unspecified atom stereocenters. The molecule has 0 radical (unpaired) electrons. The summed E-state index contributed by atoms with van der Waals surface area (Å²) in [7, 11) is 2.90. The second kappa shape index (κ2) is 11.0. The lowest BCUT2D eigenvalue weighted by atomic mass is 9.82. The van der Waals surface area contributed by atoms with Gasteiger partial charge in [0.15, 0.2) is 11.4 Å². The number of imidazole rings is 1. The van der Waals surface area contributed by atoms with E-state index < -0.39 is 5.82 Å². The number of nitrogens with zero attached hydrogens (tertiary/aromatic N) is 2. The molecule has 0 bridgehead atoms. The number of halogens is 1. The average Bonchev–Trinajstić information content (AvgIpc) is 3.21. The van der Waals surface area contributed by atoms with Crippen molar-refractivity contribution in [3.63, 3.8) is 0 Å². The number of esters is 1. The second-order valence-electron chi connectivity index (χ2n) is 9.28. The van der Waals surface area contributed by atoms with Gasteiger partial charge in [0.1, 0.15) is 23.9 Å². The van der Waals surface area contributed by atoms with Gasteiger partial charge < -0.3 is 19.5 Å². The molecule has 0 atom stereocenters. The van der Waals surface area contributed by atoms with E-state index >= 15 is 0 Å². The maximum Gasteiger partial charge on any atom is 0.308 e. The molecule has 1 fully saturated rings. The molecule has 8 nitrogen and oxygen atoms in total. The highest BCUT2D eigenvalue weighted by atomic mass is 19.1. The third kappa shape index (κ3) is 5.29. The third-order valence-electron chi connectivity index (χ3n) is 6.81. The molecular weight excluding hydrogens is 465 g/mol. The lowest BCUT2D eigenvalue weighted by molar-refractivity contribution is -0.146. The van der Waals surface area contributed by atoms with E-state index in [9.17, 15) is 14.0 Å². The van der Waals surface area contributed by atoms with Crippen molar-refractivity contribution in [2.24, 2.45) is 11.8 Å². The number of rotatable bonds is 8. The first-order valence-corrected chi connectivity index (χ1v) is 12.1. The van der Waals surface area contributed by atoms with Crippen LogP contribution in [0.2, 0.25) is 0 Å². The first-order chi connectivity index (χ1) is 17.3. The number of ether oxygens (including phenoxy) is 3. The Balaban J connectivity index is 1.49. The molecule has 1 aliphatic carbocycles. The van der Waals surface area contributed by atoms with Crippen LogP contribution in [-0.2, 0) is 16.1 Å². The number of nitrogens with one attached hydrogen (secondary N) is 1. The van der Waals surface area contributed by atoms with Crippen molar-refractivity contribution in [1.82, 2.24) is 14.7 Å². The van der Waals surface area contributed by atoms with Crippen LogP contribution in [0.1, 0.15) is 53.0 Å². The highest BCUT2D eigenvalue weighted by Crippen LogP contribution is 2.30. The number of hydrogen-bond acceptors (Lipinski definition) is 6. The fraction of sp³-hybridized carbons (Fsp3) is 0.444. The van der Waals surface area contributed by atoms with Gasteiger partial charge >= 0.3 is 5.97 Å². The summed E-state index contributed by atoms with van der Waals surface area (Å²) in [5, 5.41) is 3.04. The predicted molar refractivity (Wildman–Crippen MR) is 132 cm³/mol. The van der Waals surface area contributed by atoms with Crippen LogP contribution in [0.5, 0.6) is 11.5 Å². The molecule has 0 spiro atoms. The molecule has 3 aromatic rings. The Morgan fingerprint density at radius 3 is 2.58 bits per heavy atom. The van der Waals surface area contributed by atoms with Gasteiger partial charge in [0, 0.05) is 12.7 Å². The maximum atomic E-state index is 14.4. The molecule has 0 aliphatic heterocycles. The van der Waals surface area contributed by atoms with E-state index in [1.54, 1.807) is 23.5 Å². The topological polar surface area (TPSA) is 91.2 Å². The number of pyridine rings is 1. The first kappa shape index (κ1) is 25.5. The molecule has 1 amide bonds. The number of carbonyl (C=O) groups is 2. The zero-order valence-electron chi connectivity index (χ0n) is 21.1. The summed E-state index contributed by atoms with van der Waals surface area (Å²) in [4.78, 5) is 29.5. The molecule has 1 saturated carbocycles. The van der Waals surface area contributed by atoms with Crippen LogP contribution in [0.4, 0.5) is 4.39 Å². The van der Waals surface area contributed by atoms with Crippen molar-refractivity contribution in [1.29, 1.82) is 0 Å². The normalized spacial score (nSPS) is 17.6. The molecule has 9 heteroatoms. The van der Waals surface area contributed by atoms with Gasteiger partial charge in [-0.2, -0.15) is 0 Å². The minimum atomic E-state index is -0.418. The number of methoxy groups -OCH3 is 2. The Bertz CT molecular complexity index is 1260. The van der Waals surface area contributed by atoms with Crippen LogP contribution in [-0.4, -0.2) is 42.0 Å². The Morgan fingerprint density at radius 2 is 1.89 bits per heavy atom. The third-order valence-corrected chi connectivity index (χ3v) is 6.81. The smallest absolute Gasteiger partial charge is 0.308 e. The van der Waals surface area contributed by atoms with Gasteiger partial charge in [-0.3, -0.25) is 14.0 Å². The summed E-state index contributed by atoms with van der Waals surface area (Å²) in [6.45, 7) is 4.16. The van der Waals surface area contributed by atoms with Crippen LogP contribution in [0.15, 0.2) is 30.5 Å². The SMILES string of the molecule is COC(=O)C1CCC(CNC(=O)c2c(C)nc3c(OCc4c(F)cccc4OC)cc(C)cn23)CC1. The Labute approximate surface area is 209 Å². The zero-order chi connectivity index (χ0) is 25.8. The highest BCUT2D eigenvalue weighted by molar-refractivity contribution is 5.95. The van der Waals surface area contributed by atoms with E-state index in [1.165, 1.54) is 20.3 Å². The molecule has 4 rings (SSSR count). The fourth-order valence-electron chi connectivity index (χ4n) is 4.85. The molecule has 1 N–H and O–H groups in total. The van der Waals surface area contributed by atoms with Crippen molar-refractivity contribution < 1.29 is 28.2 Å². The monoisotopic (exact) mass is 497 g/mol. The molecule has 192 valence electrons. The van der Waals surface area contributed by atoms with Crippen molar-refractivity contribution in [3.05, 3.63) is 58.8 Å². The van der Waals surface area contributed by atoms with Gasteiger partial charge in [0.25, 0.3) is 5.91 Å². The minimum Gasteiger partial charge on any atom is -0.496 e. The van der Waals surface area contributed by atoms with Gasteiger partial charge in [-0.1, -0.05) is 6.07 Å². The second-order valence-corrected chi connectivity index (χ2v) is 9.28. The maximum absolute atomic E-state index is 14.4. The number of fused-ring (bicyclic) bond motifs is 1. The molecule has 1 aliphatic rings. The van der Waals surface area contributed by atoms with Crippen molar-refractivity contribution in [2.75, 3.05) is 20.8 Å². The van der Waals surface area contributed by atoms with Gasteiger partial charge in [-0.15, -0.1) is 0 Å². The van der Waals surface area contributed by atoms with E-state index in [2.05, 4.69) is 10.3 Å².